The Morgan fingerprint density at radius 2 is 1.66 bits per heavy atom. The molecule has 1 aliphatic heterocycles. The van der Waals surface area contributed by atoms with Crippen molar-refractivity contribution in [3.63, 3.8) is 0 Å². The Labute approximate surface area is 204 Å². The Bertz CT molecular complexity index is 1780. The van der Waals surface area contributed by atoms with Crippen LogP contribution in [-0.2, 0) is 14.1 Å². The second-order valence-electron chi connectivity index (χ2n) is 8.63. The van der Waals surface area contributed by atoms with Crippen molar-refractivity contribution in [3.8, 4) is 16.9 Å². The van der Waals surface area contributed by atoms with Crippen LogP contribution in [0.25, 0.3) is 27.8 Å². The van der Waals surface area contributed by atoms with Crippen LogP contribution in [0.5, 0.6) is 0 Å². The number of halogens is 2. The summed E-state index contributed by atoms with van der Waals surface area (Å²) in [6.45, 7) is 0. The van der Waals surface area contributed by atoms with Gasteiger partial charge in [-0.05, 0) is 42.0 Å². The van der Waals surface area contributed by atoms with Gasteiger partial charge in [-0.3, -0.25) is 13.9 Å². The quantitative estimate of drug-likeness (QED) is 0.382. The standard InChI is InChI=1S/C27H20ClFN4O2/c1-31-24-21(26(34)32(2)27(31)35)23(17-10-3-4-11-18(17)29)33-20-13-6-5-12-19(20)30-22(25(24)33)15-8-7-9-16(28)14-15/h3-14,22,30H,1-2H3/t22-/m1/s1. The van der Waals surface area contributed by atoms with Gasteiger partial charge in [-0.25, -0.2) is 9.18 Å². The van der Waals surface area contributed by atoms with Crippen molar-refractivity contribution >= 4 is 28.2 Å². The second kappa shape index (κ2) is 7.71. The fourth-order valence-corrected chi connectivity index (χ4v) is 5.26. The lowest BCUT2D eigenvalue weighted by Gasteiger charge is -2.31. The highest BCUT2D eigenvalue weighted by Crippen LogP contribution is 2.45. The van der Waals surface area contributed by atoms with Crippen LogP contribution in [-0.4, -0.2) is 13.7 Å². The lowest BCUT2D eigenvalue weighted by molar-refractivity contribution is 0.630. The molecule has 0 amide bonds. The van der Waals surface area contributed by atoms with Crippen molar-refractivity contribution in [2.75, 3.05) is 5.32 Å². The lowest BCUT2D eigenvalue weighted by atomic mass is 9.99. The first-order valence-electron chi connectivity index (χ1n) is 11.1. The SMILES string of the molecule is Cn1c(=O)c2c(-c3ccccc3F)n3c(c2n(C)c1=O)[C@@H](c1cccc(Cl)c1)Nc1ccccc1-3. The normalized spacial score (nSPS) is 14.5. The van der Waals surface area contributed by atoms with E-state index in [9.17, 15) is 9.59 Å². The first kappa shape index (κ1) is 21.4. The molecule has 0 fully saturated rings. The molecule has 1 atom stereocenters. The van der Waals surface area contributed by atoms with Crippen molar-refractivity contribution in [2.24, 2.45) is 14.1 Å². The molecule has 0 unspecified atom stereocenters. The summed E-state index contributed by atoms with van der Waals surface area (Å²) in [5.74, 6) is -0.457. The van der Waals surface area contributed by atoms with Gasteiger partial charge in [0, 0.05) is 24.7 Å². The molecule has 35 heavy (non-hydrogen) atoms. The third-order valence-electron chi connectivity index (χ3n) is 6.64. The van der Waals surface area contributed by atoms with E-state index in [0.717, 1.165) is 21.5 Å². The number of hydrogen-bond donors (Lipinski definition) is 1. The zero-order chi connectivity index (χ0) is 24.4. The topological polar surface area (TPSA) is 61.0 Å². The number of benzene rings is 3. The number of rotatable bonds is 2. The van der Waals surface area contributed by atoms with Crippen molar-refractivity contribution < 1.29 is 4.39 Å². The molecule has 0 bridgehead atoms. The molecular formula is C27H20ClFN4O2. The van der Waals surface area contributed by atoms with Crippen molar-refractivity contribution in [1.29, 1.82) is 0 Å². The molecule has 3 aromatic carbocycles. The summed E-state index contributed by atoms with van der Waals surface area (Å²) in [5.41, 5.74) is 3.27. The zero-order valence-electron chi connectivity index (χ0n) is 18.9. The van der Waals surface area contributed by atoms with E-state index in [1.54, 1.807) is 31.3 Å². The highest BCUT2D eigenvalue weighted by Gasteiger charge is 2.35. The highest BCUT2D eigenvalue weighted by atomic mass is 35.5. The van der Waals surface area contributed by atoms with Gasteiger partial charge in [-0.1, -0.05) is 48.0 Å². The minimum Gasteiger partial charge on any atom is -0.371 e. The third kappa shape index (κ3) is 3.01. The van der Waals surface area contributed by atoms with E-state index in [2.05, 4.69) is 5.32 Å². The number of aromatic nitrogens is 3. The van der Waals surface area contributed by atoms with E-state index in [1.165, 1.54) is 17.7 Å². The van der Waals surface area contributed by atoms with E-state index in [1.807, 2.05) is 47.0 Å². The molecule has 0 saturated heterocycles. The molecule has 0 saturated carbocycles. The molecule has 8 heteroatoms. The molecule has 0 radical (unpaired) electrons. The molecule has 1 aliphatic rings. The molecule has 5 aromatic rings. The largest absolute Gasteiger partial charge is 0.371 e. The minimum atomic E-state index is -0.481. The highest BCUT2D eigenvalue weighted by molar-refractivity contribution is 6.30. The number of para-hydroxylation sites is 2. The Hall–Kier alpha value is -4.10. The van der Waals surface area contributed by atoms with E-state index < -0.39 is 23.1 Å². The summed E-state index contributed by atoms with van der Waals surface area (Å²) >= 11 is 6.34. The minimum absolute atomic E-state index is 0.278. The van der Waals surface area contributed by atoms with Gasteiger partial charge in [0.15, 0.2) is 0 Å². The smallest absolute Gasteiger partial charge is 0.331 e. The van der Waals surface area contributed by atoms with Crippen LogP contribution < -0.4 is 16.6 Å². The van der Waals surface area contributed by atoms with Crippen molar-refractivity contribution in [1.82, 2.24) is 13.7 Å². The van der Waals surface area contributed by atoms with E-state index >= 15 is 4.39 Å². The number of fused-ring (bicyclic) bond motifs is 5. The van der Waals surface area contributed by atoms with Crippen LogP contribution in [0.4, 0.5) is 10.1 Å². The van der Waals surface area contributed by atoms with Crippen molar-refractivity contribution in [3.05, 3.63) is 116 Å². The monoisotopic (exact) mass is 486 g/mol. The summed E-state index contributed by atoms with van der Waals surface area (Å²) < 4.78 is 19.7. The van der Waals surface area contributed by atoms with Gasteiger partial charge in [0.25, 0.3) is 5.56 Å². The summed E-state index contributed by atoms with van der Waals surface area (Å²) in [5, 5.41) is 4.39. The van der Waals surface area contributed by atoms with E-state index in [-0.39, 0.29) is 10.9 Å². The van der Waals surface area contributed by atoms with Crippen molar-refractivity contribution in [2.45, 2.75) is 6.04 Å². The van der Waals surface area contributed by atoms with Gasteiger partial charge in [-0.2, -0.15) is 0 Å². The third-order valence-corrected chi connectivity index (χ3v) is 6.87. The number of hydrogen-bond acceptors (Lipinski definition) is 3. The van der Waals surface area contributed by atoms with Crippen LogP contribution in [0.3, 0.4) is 0 Å². The lowest BCUT2D eigenvalue weighted by Crippen LogP contribution is -2.37. The van der Waals surface area contributed by atoms with Crippen LogP contribution in [0.1, 0.15) is 17.3 Å². The van der Waals surface area contributed by atoms with Gasteiger partial charge in [0.2, 0.25) is 0 Å². The number of anilines is 1. The maximum atomic E-state index is 15.3. The van der Waals surface area contributed by atoms with E-state index in [4.69, 9.17) is 11.6 Å². The average molecular weight is 487 g/mol. The predicted octanol–water partition coefficient (Wildman–Crippen LogP) is 5.00. The first-order valence-corrected chi connectivity index (χ1v) is 11.5. The Morgan fingerprint density at radius 1 is 0.914 bits per heavy atom. The molecule has 2 aromatic heterocycles. The molecule has 174 valence electrons. The van der Waals surface area contributed by atoms with Crippen LogP contribution in [0.15, 0.2) is 82.4 Å². The Balaban J connectivity index is 1.89. The number of nitrogens with zero attached hydrogens (tertiary/aromatic N) is 3. The summed E-state index contributed by atoms with van der Waals surface area (Å²) in [6.07, 6.45) is 0. The summed E-state index contributed by atoms with van der Waals surface area (Å²) in [6, 6.07) is 21.0. The van der Waals surface area contributed by atoms with Crippen LogP contribution >= 0.6 is 11.6 Å². The van der Waals surface area contributed by atoms with Gasteiger partial charge in [-0.15, -0.1) is 0 Å². The molecule has 6 nitrogen and oxygen atoms in total. The molecular weight excluding hydrogens is 467 g/mol. The predicted molar refractivity (Wildman–Crippen MR) is 136 cm³/mol. The fraction of sp³-hybridized carbons (Fsp3) is 0.111. The zero-order valence-corrected chi connectivity index (χ0v) is 19.7. The maximum Gasteiger partial charge on any atom is 0.331 e. The number of nitrogens with one attached hydrogen (secondary N) is 1. The summed E-state index contributed by atoms with van der Waals surface area (Å²) in [4.78, 5) is 26.7. The molecule has 0 spiro atoms. The second-order valence-corrected chi connectivity index (χ2v) is 9.06. The van der Waals surface area contributed by atoms with Crippen LogP contribution in [0, 0.1) is 5.82 Å². The van der Waals surface area contributed by atoms with Gasteiger partial charge >= 0.3 is 5.69 Å². The molecule has 0 aliphatic carbocycles. The van der Waals surface area contributed by atoms with Gasteiger partial charge in [0.1, 0.15) is 5.82 Å². The Morgan fingerprint density at radius 3 is 2.43 bits per heavy atom. The molecule has 6 rings (SSSR count). The molecule has 1 N–H and O–H groups in total. The van der Waals surface area contributed by atoms with Gasteiger partial charge < -0.3 is 9.88 Å². The fourth-order valence-electron chi connectivity index (χ4n) is 5.06. The molecule has 3 heterocycles. The van der Waals surface area contributed by atoms with Crippen LogP contribution in [0.2, 0.25) is 5.02 Å². The van der Waals surface area contributed by atoms with Gasteiger partial charge in [0.05, 0.1) is 39.7 Å². The Kier molecular flexibility index (Phi) is 4.72. The first-order chi connectivity index (χ1) is 16.9. The van der Waals surface area contributed by atoms with E-state index in [0.29, 0.717) is 21.9 Å². The number of aryl methyl sites for hydroxylation is 1. The average Bonchev–Trinajstić information content (AvgIpc) is 3.22. The maximum absolute atomic E-state index is 15.3. The summed E-state index contributed by atoms with van der Waals surface area (Å²) in [7, 11) is 3.07.